The van der Waals surface area contributed by atoms with Crippen molar-refractivity contribution in [3.8, 4) is 5.75 Å². The van der Waals surface area contributed by atoms with Crippen LogP contribution in [0, 0.1) is 10.1 Å². The molecule has 0 radical (unpaired) electrons. The van der Waals surface area contributed by atoms with Gasteiger partial charge in [-0.1, -0.05) is 0 Å². The third-order valence-electron chi connectivity index (χ3n) is 2.46. The van der Waals surface area contributed by atoms with Crippen LogP contribution in [0.25, 0.3) is 0 Å². The van der Waals surface area contributed by atoms with Gasteiger partial charge in [0.05, 0.1) is 12.0 Å². The molecule has 8 nitrogen and oxygen atoms in total. The summed E-state index contributed by atoms with van der Waals surface area (Å²) in [6.45, 7) is 0. The van der Waals surface area contributed by atoms with Gasteiger partial charge in [0.1, 0.15) is 12.1 Å². The van der Waals surface area contributed by atoms with Gasteiger partial charge < -0.3 is 10.1 Å². The van der Waals surface area contributed by atoms with Crippen LogP contribution >= 0.6 is 0 Å². The first-order valence-corrected chi connectivity index (χ1v) is 5.51. The van der Waals surface area contributed by atoms with Gasteiger partial charge in [0.25, 0.3) is 5.91 Å². The number of nitrogens with zero attached hydrogens (tertiary/aromatic N) is 3. The predicted molar refractivity (Wildman–Crippen MR) is 69.6 cm³/mol. The Bertz CT molecular complexity index is 645. The highest BCUT2D eigenvalue weighted by molar-refractivity contribution is 6.04. The highest BCUT2D eigenvalue weighted by Gasteiger charge is 2.18. The van der Waals surface area contributed by atoms with Gasteiger partial charge >= 0.3 is 5.69 Å². The second kappa shape index (κ2) is 5.74. The number of methoxy groups -OCH3 is 1. The number of nitro groups is 1. The molecule has 0 spiro atoms. The molecular formula is C12H10N4O4. The number of aromatic nitrogens is 2. The van der Waals surface area contributed by atoms with E-state index in [-0.39, 0.29) is 17.0 Å². The molecule has 0 aliphatic rings. The molecule has 1 aromatic carbocycles. The lowest BCUT2D eigenvalue weighted by Gasteiger charge is -2.05. The molecule has 2 rings (SSSR count). The Labute approximate surface area is 113 Å². The van der Waals surface area contributed by atoms with Gasteiger partial charge in [-0.3, -0.25) is 14.9 Å². The third-order valence-corrected chi connectivity index (χ3v) is 2.46. The molecule has 0 saturated heterocycles. The van der Waals surface area contributed by atoms with E-state index in [1.807, 2.05) is 0 Å². The van der Waals surface area contributed by atoms with Crippen LogP contribution in [0.1, 0.15) is 10.4 Å². The second-order valence-electron chi connectivity index (χ2n) is 3.69. The maximum Gasteiger partial charge on any atom is 0.311 e. The van der Waals surface area contributed by atoms with E-state index in [2.05, 4.69) is 15.3 Å². The van der Waals surface area contributed by atoms with Crippen LogP contribution in [0.4, 0.5) is 11.5 Å². The average molecular weight is 274 g/mol. The lowest BCUT2D eigenvalue weighted by Crippen LogP contribution is -2.13. The minimum Gasteiger partial charge on any atom is -0.490 e. The molecule has 0 saturated carbocycles. The van der Waals surface area contributed by atoms with E-state index in [1.54, 1.807) is 0 Å². The van der Waals surface area contributed by atoms with Crippen molar-refractivity contribution in [1.29, 1.82) is 0 Å². The van der Waals surface area contributed by atoms with Gasteiger partial charge in [-0.05, 0) is 18.2 Å². The molecule has 8 heteroatoms. The van der Waals surface area contributed by atoms with E-state index in [1.165, 1.54) is 37.8 Å². The normalized spacial score (nSPS) is 9.85. The van der Waals surface area contributed by atoms with E-state index >= 15 is 0 Å². The van der Waals surface area contributed by atoms with Crippen LogP contribution in [-0.2, 0) is 0 Å². The van der Waals surface area contributed by atoms with Gasteiger partial charge in [0, 0.05) is 17.8 Å². The molecule has 0 aliphatic carbocycles. The highest BCUT2D eigenvalue weighted by Crippen LogP contribution is 2.27. The monoisotopic (exact) mass is 274 g/mol. The smallest absolute Gasteiger partial charge is 0.311 e. The van der Waals surface area contributed by atoms with Crippen molar-refractivity contribution in [1.82, 2.24) is 9.97 Å². The Morgan fingerprint density at radius 2 is 2.20 bits per heavy atom. The van der Waals surface area contributed by atoms with Gasteiger partial charge in [-0.25, -0.2) is 9.97 Å². The summed E-state index contributed by atoms with van der Waals surface area (Å²) in [4.78, 5) is 29.8. The van der Waals surface area contributed by atoms with Crippen molar-refractivity contribution in [3.63, 3.8) is 0 Å². The number of carbonyl (C=O) groups is 1. The minimum absolute atomic E-state index is 0.0913. The Morgan fingerprint density at radius 3 is 2.80 bits per heavy atom. The van der Waals surface area contributed by atoms with Crippen molar-refractivity contribution >= 4 is 17.4 Å². The van der Waals surface area contributed by atoms with Gasteiger partial charge in [0.2, 0.25) is 0 Å². The Balaban J connectivity index is 2.27. The topological polar surface area (TPSA) is 107 Å². The lowest BCUT2D eigenvalue weighted by molar-refractivity contribution is -0.385. The van der Waals surface area contributed by atoms with Crippen LogP contribution in [-0.4, -0.2) is 27.9 Å². The maximum absolute atomic E-state index is 12.0. The number of benzene rings is 1. The fourth-order valence-electron chi connectivity index (χ4n) is 1.53. The zero-order valence-electron chi connectivity index (χ0n) is 10.4. The van der Waals surface area contributed by atoms with Crippen molar-refractivity contribution < 1.29 is 14.5 Å². The van der Waals surface area contributed by atoms with E-state index in [0.29, 0.717) is 5.82 Å². The number of hydrogen-bond donors (Lipinski definition) is 1. The molecule has 1 amide bonds. The highest BCUT2D eigenvalue weighted by atomic mass is 16.6. The summed E-state index contributed by atoms with van der Waals surface area (Å²) in [5.41, 5.74) is -0.140. The second-order valence-corrected chi connectivity index (χ2v) is 3.69. The van der Waals surface area contributed by atoms with Gasteiger partial charge in [-0.15, -0.1) is 0 Å². The molecule has 1 heterocycles. The maximum atomic E-state index is 12.0. The van der Waals surface area contributed by atoms with Crippen LogP contribution in [0.2, 0.25) is 0 Å². The SMILES string of the molecule is COc1ccc(C(=O)Nc2ccncn2)cc1[N+](=O)[O-]. The number of nitrogens with one attached hydrogen (secondary N) is 1. The number of nitro benzene ring substituents is 1. The number of amides is 1. The summed E-state index contributed by atoms with van der Waals surface area (Å²) < 4.78 is 4.87. The standard InChI is InChI=1S/C12H10N4O4/c1-20-10-3-2-8(6-9(10)16(18)19)12(17)15-11-4-5-13-7-14-11/h2-7H,1H3,(H,13,14,15,17). The van der Waals surface area contributed by atoms with Crippen LogP contribution in [0.3, 0.4) is 0 Å². The van der Waals surface area contributed by atoms with E-state index in [9.17, 15) is 14.9 Å². The van der Waals surface area contributed by atoms with Crippen LogP contribution < -0.4 is 10.1 Å². The largest absolute Gasteiger partial charge is 0.490 e. The summed E-state index contributed by atoms with van der Waals surface area (Å²) in [7, 11) is 1.32. The van der Waals surface area contributed by atoms with Crippen molar-refractivity contribution in [2.75, 3.05) is 12.4 Å². The van der Waals surface area contributed by atoms with E-state index in [4.69, 9.17) is 4.74 Å². The molecule has 1 aromatic heterocycles. The number of ether oxygens (including phenoxy) is 1. The average Bonchev–Trinajstić information content (AvgIpc) is 2.47. The third kappa shape index (κ3) is 2.86. The summed E-state index contributed by atoms with van der Waals surface area (Å²) >= 11 is 0. The summed E-state index contributed by atoms with van der Waals surface area (Å²) in [6, 6.07) is 5.46. The molecule has 20 heavy (non-hydrogen) atoms. The van der Waals surface area contributed by atoms with Crippen molar-refractivity contribution in [3.05, 3.63) is 52.5 Å². The van der Waals surface area contributed by atoms with E-state index < -0.39 is 10.8 Å². The van der Waals surface area contributed by atoms with Crippen LogP contribution in [0.15, 0.2) is 36.8 Å². The Morgan fingerprint density at radius 1 is 1.40 bits per heavy atom. The molecule has 102 valence electrons. The first-order chi connectivity index (χ1) is 9.61. The van der Waals surface area contributed by atoms with Crippen molar-refractivity contribution in [2.24, 2.45) is 0 Å². The quantitative estimate of drug-likeness (QED) is 0.670. The minimum atomic E-state index is -0.611. The number of carbonyl (C=O) groups excluding carboxylic acids is 1. The molecule has 2 aromatic rings. The van der Waals surface area contributed by atoms with Gasteiger partial charge in [-0.2, -0.15) is 0 Å². The van der Waals surface area contributed by atoms with Gasteiger partial charge in [0.15, 0.2) is 5.75 Å². The number of hydrogen-bond acceptors (Lipinski definition) is 6. The van der Waals surface area contributed by atoms with Crippen LogP contribution in [0.5, 0.6) is 5.75 Å². The molecule has 0 atom stereocenters. The zero-order chi connectivity index (χ0) is 14.5. The summed E-state index contributed by atoms with van der Waals surface area (Å²) in [6.07, 6.45) is 2.76. The molecule has 0 aliphatic heterocycles. The molecular weight excluding hydrogens is 264 g/mol. The lowest BCUT2D eigenvalue weighted by atomic mass is 10.1. The molecule has 0 unspecified atom stereocenters. The predicted octanol–water partition coefficient (Wildman–Crippen LogP) is 1.65. The first kappa shape index (κ1) is 13.4. The summed E-state index contributed by atoms with van der Waals surface area (Å²) in [5, 5.41) is 13.4. The molecule has 0 fully saturated rings. The first-order valence-electron chi connectivity index (χ1n) is 5.51. The fraction of sp³-hybridized carbons (Fsp3) is 0.0833. The number of anilines is 1. The Kier molecular flexibility index (Phi) is 3.85. The molecule has 0 bridgehead atoms. The van der Waals surface area contributed by atoms with E-state index in [0.717, 1.165) is 6.07 Å². The summed E-state index contributed by atoms with van der Waals surface area (Å²) in [5.74, 6) is -0.105. The zero-order valence-corrected chi connectivity index (χ0v) is 10.4. The molecule has 1 N–H and O–H groups in total. The fourth-order valence-corrected chi connectivity index (χ4v) is 1.53. The Hall–Kier alpha value is -3.03. The van der Waals surface area contributed by atoms with Crippen molar-refractivity contribution in [2.45, 2.75) is 0 Å². The number of rotatable bonds is 4.